The van der Waals surface area contributed by atoms with Crippen molar-refractivity contribution >= 4 is 0 Å². The molecule has 0 radical (unpaired) electrons. The molecule has 1 saturated heterocycles. The van der Waals surface area contributed by atoms with E-state index in [-0.39, 0.29) is 17.8 Å². The standard InChI is InChI=1S/C11H20O2/c1-11(2)10(13-11)9(12)8-6-4-3-5-7-8/h8-10,12H,3-7H2,1-2H3/t9-,10+/m1/s1. The van der Waals surface area contributed by atoms with Crippen molar-refractivity contribution in [2.24, 2.45) is 5.92 Å². The van der Waals surface area contributed by atoms with Crippen LogP contribution >= 0.6 is 0 Å². The largest absolute Gasteiger partial charge is 0.390 e. The number of aliphatic hydroxyl groups is 1. The van der Waals surface area contributed by atoms with Gasteiger partial charge in [-0.15, -0.1) is 0 Å². The first-order valence-corrected chi connectivity index (χ1v) is 5.47. The molecule has 1 N–H and O–H groups in total. The van der Waals surface area contributed by atoms with Crippen LogP contribution in [0.5, 0.6) is 0 Å². The molecule has 2 fully saturated rings. The predicted molar refractivity (Wildman–Crippen MR) is 51.5 cm³/mol. The van der Waals surface area contributed by atoms with Crippen molar-refractivity contribution in [2.75, 3.05) is 0 Å². The highest BCUT2D eigenvalue weighted by atomic mass is 16.6. The zero-order valence-corrected chi connectivity index (χ0v) is 8.62. The fourth-order valence-corrected chi connectivity index (χ4v) is 2.50. The zero-order valence-electron chi connectivity index (χ0n) is 8.62. The summed E-state index contributed by atoms with van der Waals surface area (Å²) in [5.41, 5.74) is -0.0587. The Bertz CT molecular complexity index is 183. The monoisotopic (exact) mass is 184 g/mol. The van der Waals surface area contributed by atoms with Gasteiger partial charge in [-0.3, -0.25) is 0 Å². The van der Waals surface area contributed by atoms with E-state index >= 15 is 0 Å². The molecule has 13 heavy (non-hydrogen) atoms. The van der Waals surface area contributed by atoms with Gasteiger partial charge >= 0.3 is 0 Å². The molecular weight excluding hydrogens is 164 g/mol. The van der Waals surface area contributed by atoms with Crippen LogP contribution in [0, 0.1) is 5.92 Å². The van der Waals surface area contributed by atoms with Crippen LogP contribution in [0.3, 0.4) is 0 Å². The fourth-order valence-electron chi connectivity index (χ4n) is 2.50. The number of hydrogen-bond acceptors (Lipinski definition) is 2. The molecule has 2 aliphatic rings. The van der Waals surface area contributed by atoms with E-state index in [1.165, 1.54) is 32.1 Å². The van der Waals surface area contributed by atoms with Crippen LogP contribution in [-0.2, 0) is 4.74 Å². The quantitative estimate of drug-likeness (QED) is 0.667. The average Bonchev–Trinajstić information content (AvgIpc) is 2.76. The van der Waals surface area contributed by atoms with E-state index in [2.05, 4.69) is 13.8 Å². The summed E-state index contributed by atoms with van der Waals surface area (Å²) in [6, 6.07) is 0. The van der Waals surface area contributed by atoms with E-state index in [4.69, 9.17) is 4.74 Å². The molecule has 1 aliphatic carbocycles. The van der Waals surface area contributed by atoms with Crippen LogP contribution in [-0.4, -0.2) is 22.9 Å². The molecule has 0 aromatic heterocycles. The Labute approximate surface area is 80.3 Å². The lowest BCUT2D eigenvalue weighted by Crippen LogP contribution is -2.30. The maximum atomic E-state index is 10.0. The smallest absolute Gasteiger partial charge is 0.113 e. The predicted octanol–water partition coefficient (Wildman–Crippen LogP) is 2.10. The Morgan fingerprint density at radius 1 is 1.23 bits per heavy atom. The second-order valence-electron chi connectivity index (χ2n) is 5.03. The van der Waals surface area contributed by atoms with Gasteiger partial charge in [-0.1, -0.05) is 19.3 Å². The maximum Gasteiger partial charge on any atom is 0.113 e. The highest BCUT2D eigenvalue weighted by Gasteiger charge is 2.53. The molecule has 0 aromatic rings. The van der Waals surface area contributed by atoms with Crippen LogP contribution in [0.2, 0.25) is 0 Å². The van der Waals surface area contributed by atoms with E-state index in [9.17, 15) is 5.11 Å². The lowest BCUT2D eigenvalue weighted by molar-refractivity contribution is 0.0585. The molecule has 2 rings (SSSR count). The van der Waals surface area contributed by atoms with Gasteiger partial charge in [-0.05, 0) is 32.6 Å². The summed E-state index contributed by atoms with van der Waals surface area (Å²) in [7, 11) is 0. The van der Waals surface area contributed by atoms with Crippen LogP contribution in [0.25, 0.3) is 0 Å². The lowest BCUT2D eigenvalue weighted by atomic mass is 9.82. The summed E-state index contributed by atoms with van der Waals surface area (Å²) in [5, 5.41) is 10.0. The molecule has 0 spiro atoms. The SMILES string of the molecule is CC1(C)O[C@H]1[C@H](O)C1CCCCC1. The van der Waals surface area contributed by atoms with E-state index < -0.39 is 0 Å². The van der Waals surface area contributed by atoms with Crippen molar-refractivity contribution in [3.63, 3.8) is 0 Å². The van der Waals surface area contributed by atoms with E-state index in [1.807, 2.05) is 0 Å². The Kier molecular flexibility index (Phi) is 2.37. The summed E-state index contributed by atoms with van der Waals surface area (Å²) in [5.74, 6) is 0.500. The zero-order chi connectivity index (χ0) is 9.47. The normalized spacial score (nSPS) is 35.8. The van der Waals surface area contributed by atoms with Crippen LogP contribution in [0.1, 0.15) is 46.0 Å². The molecular formula is C11H20O2. The molecule has 1 saturated carbocycles. The third-order valence-corrected chi connectivity index (χ3v) is 3.50. The van der Waals surface area contributed by atoms with Gasteiger partial charge in [0.25, 0.3) is 0 Å². The average molecular weight is 184 g/mol. The Morgan fingerprint density at radius 2 is 1.77 bits per heavy atom. The third-order valence-electron chi connectivity index (χ3n) is 3.50. The van der Waals surface area contributed by atoms with Gasteiger partial charge in [0.05, 0.1) is 11.7 Å². The topological polar surface area (TPSA) is 32.8 Å². The molecule has 0 unspecified atom stereocenters. The second-order valence-corrected chi connectivity index (χ2v) is 5.03. The highest BCUT2D eigenvalue weighted by molar-refractivity contribution is 5.01. The lowest BCUT2D eigenvalue weighted by Gasteiger charge is -2.25. The van der Waals surface area contributed by atoms with Crippen molar-refractivity contribution in [3.8, 4) is 0 Å². The van der Waals surface area contributed by atoms with Gasteiger partial charge in [-0.2, -0.15) is 0 Å². The molecule has 1 heterocycles. The maximum absolute atomic E-state index is 10.0. The number of epoxide rings is 1. The first kappa shape index (κ1) is 9.47. The molecule has 1 aliphatic heterocycles. The minimum absolute atomic E-state index is 0.0587. The molecule has 2 atom stereocenters. The summed E-state index contributed by atoms with van der Waals surface area (Å²) in [6.07, 6.45) is 6.20. The second kappa shape index (κ2) is 3.25. The molecule has 0 bridgehead atoms. The first-order chi connectivity index (χ1) is 6.11. The van der Waals surface area contributed by atoms with E-state index in [1.54, 1.807) is 0 Å². The van der Waals surface area contributed by atoms with Gasteiger partial charge in [-0.25, -0.2) is 0 Å². The highest BCUT2D eigenvalue weighted by Crippen LogP contribution is 2.42. The van der Waals surface area contributed by atoms with Gasteiger partial charge in [0.2, 0.25) is 0 Å². The van der Waals surface area contributed by atoms with Gasteiger partial charge in [0.15, 0.2) is 0 Å². The number of aliphatic hydroxyl groups excluding tert-OH is 1. The first-order valence-electron chi connectivity index (χ1n) is 5.47. The summed E-state index contributed by atoms with van der Waals surface area (Å²) < 4.78 is 5.47. The van der Waals surface area contributed by atoms with Crippen molar-refractivity contribution < 1.29 is 9.84 Å². The van der Waals surface area contributed by atoms with E-state index in [0.717, 1.165) is 0 Å². The summed E-state index contributed by atoms with van der Waals surface area (Å²) in [6.45, 7) is 4.12. The van der Waals surface area contributed by atoms with Crippen molar-refractivity contribution in [1.29, 1.82) is 0 Å². The fraction of sp³-hybridized carbons (Fsp3) is 1.00. The Morgan fingerprint density at radius 3 is 2.23 bits per heavy atom. The van der Waals surface area contributed by atoms with Crippen LogP contribution in [0.15, 0.2) is 0 Å². The third kappa shape index (κ3) is 1.89. The van der Waals surface area contributed by atoms with Gasteiger partial charge in [0, 0.05) is 0 Å². The number of hydrogen-bond donors (Lipinski definition) is 1. The number of ether oxygens (including phenoxy) is 1. The minimum Gasteiger partial charge on any atom is -0.390 e. The Hall–Kier alpha value is -0.0800. The molecule has 2 heteroatoms. The summed E-state index contributed by atoms with van der Waals surface area (Å²) in [4.78, 5) is 0. The van der Waals surface area contributed by atoms with Crippen LogP contribution in [0.4, 0.5) is 0 Å². The van der Waals surface area contributed by atoms with Crippen molar-refractivity contribution in [3.05, 3.63) is 0 Å². The van der Waals surface area contributed by atoms with E-state index in [0.29, 0.717) is 5.92 Å². The van der Waals surface area contributed by atoms with Gasteiger partial charge < -0.3 is 9.84 Å². The molecule has 0 amide bonds. The van der Waals surface area contributed by atoms with Crippen molar-refractivity contribution in [2.45, 2.75) is 63.8 Å². The minimum atomic E-state index is -0.213. The summed E-state index contributed by atoms with van der Waals surface area (Å²) >= 11 is 0. The molecule has 0 aromatic carbocycles. The number of rotatable bonds is 2. The molecule has 76 valence electrons. The van der Waals surface area contributed by atoms with Crippen LogP contribution < -0.4 is 0 Å². The van der Waals surface area contributed by atoms with Crippen molar-refractivity contribution in [1.82, 2.24) is 0 Å². The molecule has 2 nitrogen and oxygen atoms in total. The Balaban J connectivity index is 1.86. The van der Waals surface area contributed by atoms with Gasteiger partial charge in [0.1, 0.15) is 6.10 Å².